The first-order chi connectivity index (χ1) is 10.00. The molecule has 0 aromatic heterocycles. The molecular formula is C14H16O6S2Zr. The molecule has 0 aliphatic carbocycles. The van der Waals surface area contributed by atoms with Crippen molar-refractivity contribution in [3.8, 4) is 0 Å². The SMILES string of the molecule is Cc1ccc(S(=O)(=O)O)cc1.Cc1ccc(S(=O)(=O)O)cc1.[Zr]. The summed E-state index contributed by atoms with van der Waals surface area (Å²) in [6, 6.07) is 12.0. The molecule has 2 rings (SSSR count). The summed E-state index contributed by atoms with van der Waals surface area (Å²) < 4.78 is 59.1. The summed E-state index contributed by atoms with van der Waals surface area (Å²) in [6.45, 7) is 3.68. The predicted octanol–water partition coefficient (Wildman–Crippen LogP) is 2.48. The molecule has 6 nitrogen and oxygen atoms in total. The molecule has 0 fully saturated rings. The fourth-order valence-electron chi connectivity index (χ4n) is 1.42. The molecule has 0 atom stereocenters. The Morgan fingerprint density at radius 3 is 1.00 bits per heavy atom. The van der Waals surface area contributed by atoms with Crippen LogP contribution in [0.3, 0.4) is 0 Å². The van der Waals surface area contributed by atoms with Gasteiger partial charge in [0.05, 0.1) is 9.79 Å². The third kappa shape index (κ3) is 7.99. The Hall–Kier alpha value is -0.857. The van der Waals surface area contributed by atoms with E-state index in [1.54, 1.807) is 24.3 Å². The monoisotopic (exact) mass is 434 g/mol. The summed E-state index contributed by atoms with van der Waals surface area (Å²) in [5, 5.41) is 0. The van der Waals surface area contributed by atoms with Crippen LogP contribution < -0.4 is 0 Å². The van der Waals surface area contributed by atoms with Crippen molar-refractivity contribution >= 4 is 20.2 Å². The van der Waals surface area contributed by atoms with E-state index < -0.39 is 20.2 Å². The Bertz CT molecular complexity index is 752. The van der Waals surface area contributed by atoms with Crippen molar-refractivity contribution in [2.75, 3.05) is 0 Å². The van der Waals surface area contributed by atoms with E-state index in [1.807, 2.05) is 13.8 Å². The maximum Gasteiger partial charge on any atom is 0.294 e. The number of rotatable bonds is 2. The molecular weight excluding hydrogens is 420 g/mol. The first-order valence-corrected chi connectivity index (χ1v) is 8.96. The number of aryl methyl sites for hydroxylation is 2. The van der Waals surface area contributed by atoms with Gasteiger partial charge >= 0.3 is 0 Å². The van der Waals surface area contributed by atoms with Crippen LogP contribution in [0.1, 0.15) is 11.1 Å². The second kappa shape index (κ2) is 8.85. The van der Waals surface area contributed by atoms with E-state index in [-0.39, 0.29) is 36.0 Å². The molecule has 0 aliphatic rings. The maximum atomic E-state index is 10.5. The van der Waals surface area contributed by atoms with E-state index in [1.165, 1.54) is 24.3 Å². The molecule has 0 saturated carbocycles. The van der Waals surface area contributed by atoms with Crippen LogP contribution in [-0.2, 0) is 46.4 Å². The molecule has 0 radical (unpaired) electrons. The van der Waals surface area contributed by atoms with Gasteiger partial charge in [0.25, 0.3) is 20.2 Å². The molecule has 0 unspecified atom stereocenters. The van der Waals surface area contributed by atoms with Crippen molar-refractivity contribution in [2.24, 2.45) is 0 Å². The Labute approximate surface area is 155 Å². The van der Waals surface area contributed by atoms with Crippen molar-refractivity contribution in [3.05, 3.63) is 59.7 Å². The maximum absolute atomic E-state index is 10.5. The van der Waals surface area contributed by atoms with Crippen molar-refractivity contribution in [3.63, 3.8) is 0 Å². The Morgan fingerprint density at radius 2 is 0.826 bits per heavy atom. The molecule has 0 spiro atoms. The minimum atomic E-state index is -4.02. The Kier molecular flexibility index (Phi) is 8.52. The van der Waals surface area contributed by atoms with Crippen LogP contribution in [0.15, 0.2) is 58.3 Å². The summed E-state index contributed by atoms with van der Waals surface area (Å²) in [4.78, 5) is -0.133. The summed E-state index contributed by atoms with van der Waals surface area (Å²) >= 11 is 0. The first kappa shape index (κ1) is 22.1. The zero-order chi connectivity index (χ0) is 17.0. The van der Waals surface area contributed by atoms with Gasteiger partial charge in [0.1, 0.15) is 0 Å². The van der Waals surface area contributed by atoms with Gasteiger partial charge in [-0.25, -0.2) is 0 Å². The average molecular weight is 436 g/mol. The summed E-state index contributed by atoms with van der Waals surface area (Å²) in [5.41, 5.74) is 1.91. The zero-order valence-electron chi connectivity index (χ0n) is 12.5. The molecule has 0 heterocycles. The van der Waals surface area contributed by atoms with Crippen LogP contribution in [0.5, 0.6) is 0 Å². The molecule has 0 bridgehead atoms. The number of benzene rings is 2. The fraction of sp³-hybridized carbons (Fsp3) is 0.143. The molecule has 124 valence electrons. The standard InChI is InChI=1S/2C7H8O3S.Zr/c2*1-6-2-4-7(5-3-6)11(8,9)10;/h2*2-5H,1H3,(H,8,9,10);. The topological polar surface area (TPSA) is 109 Å². The summed E-state index contributed by atoms with van der Waals surface area (Å²) in [7, 11) is -8.04. The van der Waals surface area contributed by atoms with Gasteiger partial charge in [0.2, 0.25) is 0 Å². The Balaban J connectivity index is 0.000000403. The minimum absolute atomic E-state index is 0. The molecule has 0 aliphatic heterocycles. The number of hydrogen-bond acceptors (Lipinski definition) is 4. The van der Waals surface area contributed by atoms with Crippen molar-refractivity contribution < 1.29 is 52.1 Å². The van der Waals surface area contributed by atoms with Crippen LogP contribution in [-0.4, -0.2) is 25.9 Å². The molecule has 23 heavy (non-hydrogen) atoms. The van der Waals surface area contributed by atoms with Gasteiger partial charge in [-0.3, -0.25) is 9.11 Å². The Morgan fingerprint density at radius 1 is 0.609 bits per heavy atom. The minimum Gasteiger partial charge on any atom is -0.282 e. The molecule has 0 amide bonds. The van der Waals surface area contributed by atoms with Gasteiger partial charge in [-0.05, 0) is 38.1 Å². The van der Waals surface area contributed by atoms with E-state index in [0.29, 0.717) is 0 Å². The largest absolute Gasteiger partial charge is 0.294 e. The normalized spacial score (nSPS) is 11.0. The van der Waals surface area contributed by atoms with Crippen molar-refractivity contribution in [2.45, 2.75) is 23.6 Å². The van der Waals surface area contributed by atoms with Gasteiger partial charge in [0.15, 0.2) is 0 Å². The fourth-order valence-corrected chi connectivity index (χ4v) is 2.38. The second-order valence-electron chi connectivity index (χ2n) is 4.58. The predicted molar refractivity (Wildman–Crippen MR) is 82.0 cm³/mol. The van der Waals surface area contributed by atoms with E-state index in [2.05, 4.69) is 0 Å². The second-order valence-corrected chi connectivity index (χ2v) is 7.42. The van der Waals surface area contributed by atoms with Crippen LogP contribution in [0.4, 0.5) is 0 Å². The van der Waals surface area contributed by atoms with Gasteiger partial charge < -0.3 is 0 Å². The molecule has 0 saturated heterocycles. The van der Waals surface area contributed by atoms with Crippen LogP contribution in [0.25, 0.3) is 0 Å². The molecule has 2 N–H and O–H groups in total. The quantitative estimate of drug-likeness (QED) is 0.702. The van der Waals surface area contributed by atoms with Crippen LogP contribution in [0, 0.1) is 13.8 Å². The molecule has 9 heteroatoms. The van der Waals surface area contributed by atoms with Gasteiger partial charge in [0, 0.05) is 26.2 Å². The van der Waals surface area contributed by atoms with Gasteiger partial charge in [-0.2, -0.15) is 16.8 Å². The van der Waals surface area contributed by atoms with E-state index in [0.717, 1.165) is 11.1 Å². The average Bonchev–Trinajstić information content (AvgIpc) is 2.38. The van der Waals surface area contributed by atoms with Gasteiger partial charge in [-0.15, -0.1) is 0 Å². The number of hydrogen-bond donors (Lipinski definition) is 2. The van der Waals surface area contributed by atoms with Crippen molar-refractivity contribution in [1.29, 1.82) is 0 Å². The van der Waals surface area contributed by atoms with E-state index in [9.17, 15) is 16.8 Å². The molecule has 2 aromatic rings. The van der Waals surface area contributed by atoms with Crippen LogP contribution in [0.2, 0.25) is 0 Å². The summed E-state index contributed by atoms with van der Waals surface area (Å²) in [5.74, 6) is 0. The van der Waals surface area contributed by atoms with Crippen LogP contribution >= 0.6 is 0 Å². The third-order valence-electron chi connectivity index (χ3n) is 2.64. The van der Waals surface area contributed by atoms with Gasteiger partial charge in [-0.1, -0.05) is 35.4 Å². The molecule has 2 aromatic carbocycles. The van der Waals surface area contributed by atoms with E-state index >= 15 is 0 Å². The van der Waals surface area contributed by atoms with E-state index in [4.69, 9.17) is 9.11 Å². The zero-order valence-corrected chi connectivity index (χ0v) is 16.6. The third-order valence-corrected chi connectivity index (χ3v) is 4.37. The summed E-state index contributed by atoms with van der Waals surface area (Å²) in [6.07, 6.45) is 0. The smallest absolute Gasteiger partial charge is 0.282 e. The first-order valence-electron chi connectivity index (χ1n) is 6.08. The van der Waals surface area contributed by atoms with Crippen molar-refractivity contribution in [1.82, 2.24) is 0 Å².